The smallest absolute Gasteiger partial charge is 0.426 e. The van der Waals surface area contributed by atoms with Crippen molar-refractivity contribution < 1.29 is 19.6 Å². The molecule has 0 radical (unpaired) electrons. The van der Waals surface area contributed by atoms with E-state index in [2.05, 4.69) is 0 Å². The predicted octanol–water partition coefficient (Wildman–Crippen LogP) is -2.25. The molecule has 100 valence electrons. The van der Waals surface area contributed by atoms with E-state index in [0.29, 0.717) is 6.54 Å². The van der Waals surface area contributed by atoms with Gasteiger partial charge in [-0.1, -0.05) is 11.6 Å². The SMILES string of the molecule is CC1=CC(B(O)O)N(C(=O)[C@@H](N)CCC(N)=O)C1. The summed E-state index contributed by atoms with van der Waals surface area (Å²) in [6, 6.07) is -0.863. The molecule has 0 spiro atoms. The summed E-state index contributed by atoms with van der Waals surface area (Å²) in [6.45, 7) is 2.10. The monoisotopic (exact) mass is 255 g/mol. The Kier molecular flexibility index (Phi) is 4.89. The lowest BCUT2D eigenvalue weighted by Gasteiger charge is -2.26. The van der Waals surface area contributed by atoms with Crippen LogP contribution in [0, 0.1) is 0 Å². The lowest BCUT2D eigenvalue weighted by Crippen LogP contribution is -2.51. The average molecular weight is 255 g/mol. The highest BCUT2D eigenvalue weighted by atomic mass is 16.4. The van der Waals surface area contributed by atoms with E-state index >= 15 is 0 Å². The zero-order chi connectivity index (χ0) is 13.9. The van der Waals surface area contributed by atoms with Crippen LogP contribution in [0.1, 0.15) is 19.8 Å². The van der Waals surface area contributed by atoms with Crippen LogP contribution >= 0.6 is 0 Å². The summed E-state index contributed by atoms with van der Waals surface area (Å²) < 4.78 is 0. The third-order valence-corrected chi connectivity index (χ3v) is 2.84. The molecule has 0 aliphatic carbocycles. The summed E-state index contributed by atoms with van der Waals surface area (Å²) >= 11 is 0. The first-order valence-corrected chi connectivity index (χ1v) is 5.70. The average Bonchev–Trinajstić information content (AvgIpc) is 2.67. The van der Waals surface area contributed by atoms with Crippen molar-refractivity contribution in [2.24, 2.45) is 11.5 Å². The first-order chi connectivity index (χ1) is 8.32. The second-order valence-corrected chi connectivity index (χ2v) is 4.49. The van der Waals surface area contributed by atoms with Crippen molar-refractivity contribution in [2.75, 3.05) is 6.54 Å². The predicted molar refractivity (Wildman–Crippen MR) is 65.9 cm³/mol. The Morgan fingerprint density at radius 2 is 2.22 bits per heavy atom. The molecule has 0 saturated heterocycles. The zero-order valence-corrected chi connectivity index (χ0v) is 10.2. The number of rotatable bonds is 5. The van der Waals surface area contributed by atoms with Crippen LogP contribution in [0.5, 0.6) is 0 Å². The minimum absolute atomic E-state index is 0.0273. The van der Waals surface area contributed by atoms with Crippen molar-refractivity contribution in [1.82, 2.24) is 4.90 Å². The Bertz CT molecular complexity index is 372. The van der Waals surface area contributed by atoms with Crippen LogP contribution in [-0.2, 0) is 9.59 Å². The summed E-state index contributed by atoms with van der Waals surface area (Å²) in [7, 11) is -1.64. The molecule has 0 saturated carbocycles. The lowest BCUT2D eigenvalue weighted by atomic mass is 9.79. The van der Waals surface area contributed by atoms with Crippen LogP contribution in [0.3, 0.4) is 0 Å². The molecule has 0 bridgehead atoms. The lowest BCUT2D eigenvalue weighted by molar-refractivity contribution is -0.132. The zero-order valence-electron chi connectivity index (χ0n) is 10.2. The standard InChI is InChI=1S/C10H18BN3O4/c1-6-4-8(11(17)18)14(5-6)10(16)7(12)2-3-9(13)15/h4,7-8,17-18H,2-3,5,12H2,1H3,(H2,13,15)/t7-,8?/m0/s1. The van der Waals surface area contributed by atoms with Gasteiger partial charge in [0.25, 0.3) is 0 Å². The van der Waals surface area contributed by atoms with Crippen LogP contribution in [-0.4, -0.2) is 52.4 Å². The third kappa shape index (κ3) is 3.56. The Balaban J connectivity index is 2.63. The summed E-state index contributed by atoms with van der Waals surface area (Å²) in [5, 5.41) is 18.4. The fourth-order valence-corrected chi connectivity index (χ4v) is 1.91. The molecule has 1 heterocycles. The van der Waals surface area contributed by atoms with Gasteiger partial charge in [-0.2, -0.15) is 0 Å². The highest BCUT2D eigenvalue weighted by Gasteiger charge is 2.37. The maximum absolute atomic E-state index is 12.0. The van der Waals surface area contributed by atoms with E-state index in [1.165, 1.54) is 4.90 Å². The van der Waals surface area contributed by atoms with Gasteiger partial charge in [-0.05, 0) is 13.3 Å². The van der Waals surface area contributed by atoms with Crippen molar-refractivity contribution >= 4 is 18.9 Å². The molecule has 2 amide bonds. The van der Waals surface area contributed by atoms with Crippen LogP contribution in [0.2, 0.25) is 0 Å². The molecule has 2 atom stereocenters. The molecule has 0 aromatic heterocycles. The molecule has 1 aliphatic rings. The van der Waals surface area contributed by atoms with Gasteiger partial charge in [-0.3, -0.25) is 9.59 Å². The molecule has 0 aromatic carbocycles. The molecule has 1 aliphatic heterocycles. The maximum atomic E-state index is 12.0. The van der Waals surface area contributed by atoms with Gasteiger partial charge in [0.15, 0.2) is 0 Å². The van der Waals surface area contributed by atoms with E-state index in [-0.39, 0.29) is 12.8 Å². The number of primary amides is 1. The van der Waals surface area contributed by atoms with E-state index in [0.717, 1.165) is 5.57 Å². The van der Waals surface area contributed by atoms with Crippen molar-refractivity contribution in [2.45, 2.75) is 31.7 Å². The van der Waals surface area contributed by atoms with Crippen LogP contribution in [0.4, 0.5) is 0 Å². The van der Waals surface area contributed by atoms with Gasteiger partial charge < -0.3 is 26.4 Å². The quantitative estimate of drug-likeness (QED) is 0.325. The summed E-state index contributed by atoms with van der Waals surface area (Å²) in [5.74, 6) is -1.72. The number of amides is 2. The fourth-order valence-electron chi connectivity index (χ4n) is 1.91. The number of nitrogens with two attached hydrogens (primary N) is 2. The number of nitrogens with zero attached hydrogens (tertiary/aromatic N) is 1. The summed E-state index contributed by atoms with van der Waals surface area (Å²) in [4.78, 5) is 23.9. The van der Waals surface area contributed by atoms with E-state index < -0.39 is 30.9 Å². The molecule has 0 aromatic rings. The van der Waals surface area contributed by atoms with Gasteiger partial charge in [0.1, 0.15) is 0 Å². The molecule has 6 N–H and O–H groups in total. The summed E-state index contributed by atoms with van der Waals surface area (Å²) in [5.41, 5.74) is 11.5. The second kappa shape index (κ2) is 5.99. The molecule has 0 fully saturated rings. The maximum Gasteiger partial charge on any atom is 0.479 e. The van der Waals surface area contributed by atoms with E-state index in [1.807, 2.05) is 0 Å². The summed E-state index contributed by atoms with van der Waals surface area (Å²) in [6.07, 6.45) is 1.79. The van der Waals surface area contributed by atoms with Gasteiger partial charge in [0, 0.05) is 13.0 Å². The van der Waals surface area contributed by atoms with Gasteiger partial charge in [0.2, 0.25) is 11.8 Å². The molecule has 8 heteroatoms. The molecule has 7 nitrogen and oxygen atoms in total. The van der Waals surface area contributed by atoms with Crippen LogP contribution in [0.15, 0.2) is 11.6 Å². The van der Waals surface area contributed by atoms with Gasteiger partial charge in [-0.25, -0.2) is 0 Å². The molecule has 18 heavy (non-hydrogen) atoms. The van der Waals surface area contributed by atoms with Crippen LogP contribution < -0.4 is 11.5 Å². The largest absolute Gasteiger partial charge is 0.479 e. The third-order valence-electron chi connectivity index (χ3n) is 2.84. The minimum atomic E-state index is -1.64. The van der Waals surface area contributed by atoms with Crippen molar-refractivity contribution in [3.05, 3.63) is 11.6 Å². The van der Waals surface area contributed by atoms with Crippen LogP contribution in [0.25, 0.3) is 0 Å². The fraction of sp³-hybridized carbons (Fsp3) is 0.600. The first kappa shape index (κ1) is 14.7. The normalized spacial score (nSPS) is 20.6. The highest BCUT2D eigenvalue weighted by Crippen LogP contribution is 2.18. The number of carbonyl (C=O) groups is 2. The van der Waals surface area contributed by atoms with Gasteiger partial charge in [0.05, 0.1) is 12.0 Å². The Labute approximate surface area is 106 Å². The molecular weight excluding hydrogens is 237 g/mol. The Morgan fingerprint density at radius 3 is 2.72 bits per heavy atom. The van der Waals surface area contributed by atoms with E-state index in [9.17, 15) is 19.6 Å². The van der Waals surface area contributed by atoms with Crippen molar-refractivity contribution in [1.29, 1.82) is 0 Å². The Hall–Kier alpha value is -1.38. The van der Waals surface area contributed by atoms with E-state index in [4.69, 9.17) is 11.5 Å². The number of hydrogen-bond donors (Lipinski definition) is 4. The Morgan fingerprint density at radius 1 is 1.61 bits per heavy atom. The van der Waals surface area contributed by atoms with Gasteiger partial charge in [-0.15, -0.1) is 0 Å². The molecule has 1 unspecified atom stereocenters. The molecule has 1 rings (SSSR count). The molecular formula is C10H18BN3O4. The highest BCUT2D eigenvalue weighted by molar-refractivity contribution is 6.44. The second-order valence-electron chi connectivity index (χ2n) is 4.49. The topological polar surface area (TPSA) is 130 Å². The van der Waals surface area contributed by atoms with Gasteiger partial charge >= 0.3 is 7.12 Å². The minimum Gasteiger partial charge on any atom is -0.426 e. The van der Waals surface area contributed by atoms with E-state index in [1.54, 1.807) is 13.0 Å². The first-order valence-electron chi connectivity index (χ1n) is 5.70. The van der Waals surface area contributed by atoms with Crippen molar-refractivity contribution in [3.63, 3.8) is 0 Å². The number of hydrogen-bond acceptors (Lipinski definition) is 5. The van der Waals surface area contributed by atoms with Crippen molar-refractivity contribution in [3.8, 4) is 0 Å². The number of carbonyl (C=O) groups excluding carboxylic acids is 2.